The Morgan fingerprint density at radius 2 is 1.86 bits per heavy atom. The minimum absolute atomic E-state index is 0.0355. The molecule has 1 aliphatic carbocycles. The van der Waals surface area contributed by atoms with Gasteiger partial charge in [0.25, 0.3) is 5.91 Å². The number of benzene rings is 2. The summed E-state index contributed by atoms with van der Waals surface area (Å²) in [6.07, 6.45) is 9.23. The van der Waals surface area contributed by atoms with Gasteiger partial charge >= 0.3 is 0 Å². The van der Waals surface area contributed by atoms with Gasteiger partial charge in [-0.3, -0.25) is 9.59 Å². The molecule has 36 heavy (non-hydrogen) atoms. The van der Waals surface area contributed by atoms with Gasteiger partial charge in [0.1, 0.15) is 0 Å². The van der Waals surface area contributed by atoms with Gasteiger partial charge in [-0.25, -0.2) is 0 Å². The van der Waals surface area contributed by atoms with E-state index in [0.29, 0.717) is 31.1 Å². The van der Waals surface area contributed by atoms with Crippen LogP contribution in [0.25, 0.3) is 11.1 Å². The maximum absolute atomic E-state index is 13.3. The number of aryl methyl sites for hydroxylation is 1. The molecule has 2 atom stereocenters. The van der Waals surface area contributed by atoms with Crippen molar-refractivity contribution < 1.29 is 19.4 Å². The number of nitrogens with one attached hydrogen (secondary N) is 1. The molecule has 0 heterocycles. The molecule has 0 radical (unpaired) electrons. The van der Waals surface area contributed by atoms with Crippen LogP contribution in [0.1, 0.15) is 73.4 Å². The average Bonchev–Trinajstić information content (AvgIpc) is 2.87. The van der Waals surface area contributed by atoms with E-state index in [1.165, 1.54) is 39.0 Å². The fraction of sp³-hybridized carbons (Fsp3) is 0.533. The van der Waals surface area contributed by atoms with Crippen LogP contribution >= 0.6 is 11.8 Å². The molecule has 0 saturated heterocycles. The zero-order chi connectivity index (χ0) is 25.9. The molecule has 0 unspecified atom stereocenters. The molecule has 2 aromatic rings. The van der Waals surface area contributed by atoms with Crippen molar-refractivity contribution in [2.45, 2.75) is 77.5 Å². The zero-order valence-corrected chi connectivity index (χ0v) is 22.7. The van der Waals surface area contributed by atoms with Crippen LogP contribution in [0.2, 0.25) is 0 Å². The van der Waals surface area contributed by atoms with E-state index in [0.717, 1.165) is 34.4 Å². The summed E-state index contributed by atoms with van der Waals surface area (Å²) < 4.78 is 5.89. The molecule has 0 aliphatic heterocycles. The van der Waals surface area contributed by atoms with Gasteiger partial charge in [0.2, 0.25) is 0 Å². The van der Waals surface area contributed by atoms with Crippen molar-refractivity contribution in [2.75, 3.05) is 18.6 Å². The second-order valence-corrected chi connectivity index (χ2v) is 11.0. The fourth-order valence-electron chi connectivity index (χ4n) is 5.01. The van der Waals surface area contributed by atoms with Crippen LogP contribution in [-0.4, -0.2) is 47.6 Å². The Morgan fingerprint density at radius 1 is 1.11 bits per heavy atom. The highest BCUT2D eigenvalue weighted by atomic mass is 32.2. The number of hydrogen-bond donors (Lipinski definition) is 2. The van der Waals surface area contributed by atoms with Crippen LogP contribution in [0.4, 0.5) is 0 Å². The van der Waals surface area contributed by atoms with Gasteiger partial charge in [-0.1, -0.05) is 62.4 Å². The summed E-state index contributed by atoms with van der Waals surface area (Å²) >= 11 is 1.66. The van der Waals surface area contributed by atoms with E-state index in [2.05, 4.69) is 5.32 Å². The lowest BCUT2D eigenvalue weighted by Gasteiger charge is -2.24. The van der Waals surface area contributed by atoms with E-state index >= 15 is 0 Å². The maximum Gasteiger partial charge on any atom is 0.252 e. The van der Waals surface area contributed by atoms with E-state index in [-0.39, 0.29) is 11.7 Å². The van der Waals surface area contributed by atoms with Crippen LogP contribution in [0.5, 0.6) is 0 Å². The number of rotatable bonds is 13. The van der Waals surface area contributed by atoms with Gasteiger partial charge in [0.05, 0.1) is 25.4 Å². The smallest absolute Gasteiger partial charge is 0.252 e. The molecule has 6 heteroatoms. The molecule has 1 amide bonds. The molecule has 1 fully saturated rings. The molecule has 1 saturated carbocycles. The Hall–Kier alpha value is -2.15. The average molecular weight is 512 g/mol. The second kappa shape index (κ2) is 14.6. The number of hydrogen-bond acceptors (Lipinski definition) is 5. The van der Waals surface area contributed by atoms with Crippen LogP contribution in [0.15, 0.2) is 42.5 Å². The highest BCUT2D eigenvalue weighted by Crippen LogP contribution is 2.29. The van der Waals surface area contributed by atoms with Crippen molar-refractivity contribution in [1.29, 1.82) is 0 Å². The Bertz CT molecular complexity index is 1000. The Labute approximate surface area is 220 Å². The molecular weight excluding hydrogens is 470 g/mol. The van der Waals surface area contributed by atoms with Gasteiger partial charge in [0.15, 0.2) is 5.78 Å². The van der Waals surface area contributed by atoms with Crippen molar-refractivity contribution in [3.63, 3.8) is 0 Å². The van der Waals surface area contributed by atoms with E-state index in [1.807, 2.05) is 55.6 Å². The van der Waals surface area contributed by atoms with E-state index in [1.54, 1.807) is 11.8 Å². The summed E-state index contributed by atoms with van der Waals surface area (Å²) in [6.45, 7) is 4.23. The molecular formula is C30H41NO4S. The Morgan fingerprint density at radius 3 is 2.56 bits per heavy atom. The standard InChI is InChI=1S/C30H41NO4S/c1-21-9-7-8-12-26(21)28-18-24(19-35-20-25(33)17-23-10-5-4-6-11-23)13-14-27(28)30(34)31-29(22(2)32)15-16-36-3/h7-9,12-14,18,23,25,29,33H,4-6,10-11,15-17,19-20H2,1-3H3,(H,31,34)/t25-,29-/m0/s1. The van der Waals surface area contributed by atoms with Crippen LogP contribution in [0, 0.1) is 12.8 Å². The van der Waals surface area contributed by atoms with Gasteiger partial charge in [-0.15, -0.1) is 0 Å². The summed E-state index contributed by atoms with van der Waals surface area (Å²) in [7, 11) is 0. The summed E-state index contributed by atoms with van der Waals surface area (Å²) in [6, 6.07) is 13.2. The van der Waals surface area contributed by atoms with E-state index in [4.69, 9.17) is 4.74 Å². The molecule has 0 spiro atoms. The molecule has 196 valence electrons. The third-order valence-corrected chi connectivity index (χ3v) is 7.72. The Balaban J connectivity index is 1.73. The first-order valence-electron chi connectivity index (χ1n) is 13.1. The summed E-state index contributed by atoms with van der Waals surface area (Å²) in [5, 5.41) is 13.4. The first-order valence-corrected chi connectivity index (χ1v) is 14.5. The summed E-state index contributed by atoms with van der Waals surface area (Å²) in [5.74, 6) is 1.13. The summed E-state index contributed by atoms with van der Waals surface area (Å²) in [5.41, 5.74) is 4.35. The minimum atomic E-state index is -0.497. The Kier molecular flexibility index (Phi) is 11.5. The first kappa shape index (κ1) is 28.4. The lowest BCUT2D eigenvalue weighted by atomic mass is 9.85. The van der Waals surface area contributed by atoms with Gasteiger partial charge in [-0.05, 0) is 79.0 Å². The van der Waals surface area contributed by atoms with E-state index < -0.39 is 12.1 Å². The van der Waals surface area contributed by atoms with Gasteiger partial charge in [-0.2, -0.15) is 11.8 Å². The minimum Gasteiger partial charge on any atom is -0.391 e. The largest absolute Gasteiger partial charge is 0.391 e. The number of thioether (sulfide) groups is 1. The predicted octanol–water partition coefficient (Wildman–Crippen LogP) is 5.95. The van der Waals surface area contributed by atoms with Gasteiger partial charge in [0, 0.05) is 5.56 Å². The lowest BCUT2D eigenvalue weighted by molar-refractivity contribution is -0.118. The van der Waals surface area contributed by atoms with Crippen molar-refractivity contribution in [2.24, 2.45) is 5.92 Å². The second-order valence-electron chi connectivity index (χ2n) is 10.0. The summed E-state index contributed by atoms with van der Waals surface area (Å²) in [4.78, 5) is 25.4. The number of ether oxygens (including phenoxy) is 1. The third-order valence-electron chi connectivity index (χ3n) is 7.08. The van der Waals surface area contributed by atoms with Gasteiger partial charge < -0.3 is 15.2 Å². The quantitative estimate of drug-likeness (QED) is 0.348. The van der Waals surface area contributed by atoms with Crippen LogP contribution in [-0.2, 0) is 16.1 Å². The third kappa shape index (κ3) is 8.46. The normalized spacial score (nSPS) is 15.9. The highest BCUT2D eigenvalue weighted by molar-refractivity contribution is 7.98. The van der Waals surface area contributed by atoms with Crippen molar-refractivity contribution in [3.8, 4) is 11.1 Å². The predicted molar refractivity (Wildman–Crippen MR) is 148 cm³/mol. The molecule has 2 N–H and O–H groups in total. The highest BCUT2D eigenvalue weighted by Gasteiger charge is 2.21. The number of carbonyl (C=O) groups is 2. The van der Waals surface area contributed by atoms with Crippen molar-refractivity contribution >= 4 is 23.5 Å². The number of amides is 1. The van der Waals surface area contributed by atoms with E-state index in [9.17, 15) is 14.7 Å². The number of ketones is 1. The molecule has 3 rings (SSSR count). The molecule has 2 aromatic carbocycles. The van der Waals surface area contributed by atoms with Crippen molar-refractivity contribution in [1.82, 2.24) is 5.32 Å². The lowest BCUT2D eigenvalue weighted by Crippen LogP contribution is -2.40. The molecule has 1 aliphatic rings. The first-order chi connectivity index (χ1) is 17.4. The zero-order valence-electron chi connectivity index (χ0n) is 21.9. The molecule has 0 bridgehead atoms. The van der Waals surface area contributed by atoms with Crippen molar-refractivity contribution in [3.05, 3.63) is 59.2 Å². The molecule has 5 nitrogen and oxygen atoms in total. The maximum atomic E-state index is 13.3. The fourth-order valence-corrected chi connectivity index (χ4v) is 5.49. The SMILES string of the molecule is CSCC[C@H](NC(=O)c1ccc(COC[C@@H](O)CC2CCCCC2)cc1-c1ccccc1C)C(C)=O. The van der Waals surface area contributed by atoms with Crippen LogP contribution < -0.4 is 5.32 Å². The topological polar surface area (TPSA) is 75.6 Å². The number of Topliss-reactive ketones (excluding diaryl/α,β-unsaturated/α-hetero) is 1. The monoisotopic (exact) mass is 511 g/mol. The number of aliphatic hydroxyl groups excluding tert-OH is 1. The molecule has 0 aromatic heterocycles. The number of aliphatic hydroxyl groups is 1. The number of carbonyl (C=O) groups excluding carboxylic acids is 2. The van der Waals surface area contributed by atoms with Crippen LogP contribution in [0.3, 0.4) is 0 Å².